The predicted octanol–water partition coefficient (Wildman–Crippen LogP) is 1.69. The van der Waals surface area contributed by atoms with Crippen LogP contribution in [0.1, 0.15) is 27.2 Å². The van der Waals surface area contributed by atoms with Crippen molar-refractivity contribution in [2.75, 3.05) is 13.2 Å². The Morgan fingerprint density at radius 1 is 1.42 bits per heavy atom. The summed E-state index contributed by atoms with van der Waals surface area (Å²) in [7, 11) is 0. The van der Waals surface area contributed by atoms with Gasteiger partial charge in [-0.3, -0.25) is 0 Å². The van der Waals surface area contributed by atoms with Gasteiger partial charge in [-0.15, -0.1) is 0 Å². The average molecular weight is 169 g/mol. The quantitative estimate of drug-likeness (QED) is 0.631. The van der Waals surface area contributed by atoms with Crippen LogP contribution in [-0.4, -0.2) is 19.0 Å². The van der Waals surface area contributed by atoms with Gasteiger partial charge in [0.1, 0.15) is 0 Å². The maximum Gasteiger partial charge on any atom is 0.171 e. The molecule has 1 rings (SSSR count). The van der Waals surface area contributed by atoms with E-state index in [0.29, 0.717) is 19.6 Å². The predicted molar refractivity (Wildman–Crippen MR) is 44.3 cm³/mol. The summed E-state index contributed by atoms with van der Waals surface area (Å²) in [4.78, 5) is 0. The molecule has 0 aliphatic carbocycles. The van der Waals surface area contributed by atoms with E-state index in [4.69, 9.17) is 14.7 Å². The second-order valence-corrected chi connectivity index (χ2v) is 3.86. The van der Waals surface area contributed by atoms with Crippen molar-refractivity contribution < 1.29 is 9.47 Å². The van der Waals surface area contributed by atoms with Crippen LogP contribution in [-0.2, 0) is 9.47 Å². The second kappa shape index (κ2) is 3.04. The summed E-state index contributed by atoms with van der Waals surface area (Å²) in [6, 6.07) is 2.15. The lowest BCUT2D eigenvalue weighted by atomic mass is 9.81. The molecule has 12 heavy (non-hydrogen) atoms. The van der Waals surface area contributed by atoms with E-state index in [9.17, 15) is 0 Å². The molecule has 0 atom stereocenters. The summed E-state index contributed by atoms with van der Waals surface area (Å²) in [5, 5.41) is 8.62. The Kier molecular flexibility index (Phi) is 2.41. The molecule has 0 saturated carbocycles. The number of rotatable bonds is 2. The molecule has 0 unspecified atom stereocenters. The lowest BCUT2D eigenvalue weighted by molar-refractivity contribution is -0.212. The molecule has 1 fully saturated rings. The summed E-state index contributed by atoms with van der Waals surface area (Å²) in [6.07, 6.45) is 0.448. The standard InChI is InChI=1S/C9H15NO2/c1-8(2,4-5-10)9(3)11-6-7-12-9/h4,6-7H2,1-3H3. The Bertz CT molecular complexity index is 199. The van der Waals surface area contributed by atoms with Crippen molar-refractivity contribution in [1.29, 1.82) is 5.26 Å². The van der Waals surface area contributed by atoms with E-state index >= 15 is 0 Å². The Morgan fingerprint density at radius 3 is 2.33 bits per heavy atom. The number of nitrogens with zero attached hydrogens (tertiary/aromatic N) is 1. The molecule has 0 N–H and O–H groups in total. The van der Waals surface area contributed by atoms with Crippen molar-refractivity contribution >= 4 is 0 Å². The Labute approximate surface area is 73.3 Å². The number of ether oxygens (including phenoxy) is 2. The summed E-state index contributed by atoms with van der Waals surface area (Å²) < 4.78 is 11.0. The Hall–Kier alpha value is -0.590. The van der Waals surface area contributed by atoms with E-state index in [1.807, 2.05) is 20.8 Å². The number of nitriles is 1. The van der Waals surface area contributed by atoms with E-state index in [2.05, 4.69) is 6.07 Å². The van der Waals surface area contributed by atoms with Gasteiger partial charge in [0.2, 0.25) is 0 Å². The molecule has 3 heteroatoms. The van der Waals surface area contributed by atoms with Gasteiger partial charge in [0.15, 0.2) is 5.79 Å². The van der Waals surface area contributed by atoms with Crippen LogP contribution in [0.25, 0.3) is 0 Å². The summed E-state index contributed by atoms with van der Waals surface area (Å²) in [5.41, 5.74) is -0.238. The van der Waals surface area contributed by atoms with Crippen molar-refractivity contribution in [3.8, 4) is 6.07 Å². The number of hydrogen-bond acceptors (Lipinski definition) is 3. The fraction of sp³-hybridized carbons (Fsp3) is 0.889. The fourth-order valence-corrected chi connectivity index (χ4v) is 1.26. The largest absolute Gasteiger partial charge is 0.347 e. The van der Waals surface area contributed by atoms with Gasteiger partial charge in [-0.05, 0) is 6.92 Å². The van der Waals surface area contributed by atoms with Crippen LogP contribution in [0.4, 0.5) is 0 Å². The van der Waals surface area contributed by atoms with Crippen LogP contribution in [0, 0.1) is 16.7 Å². The topological polar surface area (TPSA) is 42.2 Å². The first-order valence-corrected chi connectivity index (χ1v) is 4.17. The molecule has 1 aliphatic rings. The van der Waals surface area contributed by atoms with Gasteiger partial charge in [0.05, 0.1) is 19.3 Å². The van der Waals surface area contributed by atoms with E-state index in [0.717, 1.165) is 0 Å². The van der Waals surface area contributed by atoms with Gasteiger partial charge >= 0.3 is 0 Å². The van der Waals surface area contributed by atoms with Crippen molar-refractivity contribution in [1.82, 2.24) is 0 Å². The molecule has 0 amide bonds. The SMILES string of the molecule is CC(C)(CC#N)C1(C)OCCO1. The molecule has 1 heterocycles. The van der Waals surface area contributed by atoms with Crippen molar-refractivity contribution in [3.05, 3.63) is 0 Å². The smallest absolute Gasteiger partial charge is 0.171 e. The second-order valence-electron chi connectivity index (χ2n) is 3.86. The lowest BCUT2D eigenvalue weighted by Gasteiger charge is -2.37. The summed E-state index contributed by atoms with van der Waals surface area (Å²) in [5.74, 6) is -0.581. The molecular formula is C9H15NO2. The van der Waals surface area contributed by atoms with Gasteiger partial charge in [-0.2, -0.15) is 5.26 Å². The average Bonchev–Trinajstić information content (AvgIpc) is 2.37. The monoisotopic (exact) mass is 169 g/mol. The van der Waals surface area contributed by atoms with Gasteiger partial charge in [-0.25, -0.2) is 0 Å². The zero-order chi connectivity index (χ0) is 9.24. The van der Waals surface area contributed by atoms with Gasteiger partial charge in [0, 0.05) is 11.8 Å². The minimum Gasteiger partial charge on any atom is -0.347 e. The van der Waals surface area contributed by atoms with E-state index in [-0.39, 0.29) is 5.41 Å². The zero-order valence-corrected chi connectivity index (χ0v) is 7.89. The zero-order valence-electron chi connectivity index (χ0n) is 7.89. The highest BCUT2D eigenvalue weighted by Crippen LogP contribution is 2.40. The highest BCUT2D eigenvalue weighted by Gasteiger charge is 2.45. The summed E-state index contributed by atoms with van der Waals surface area (Å²) >= 11 is 0. The van der Waals surface area contributed by atoms with E-state index < -0.39 is 5.79 Å². The highest BCUT2D eigenvalue weighted by molar-refractivity contribution is 4.92. The van der Waals surface area contributed by atoms with Crippen LogP contribution in [0.2, 0.25) is 0 Å². The van der Waals surface area contributed by atoms with Crippen molar-refractivity contribution in [2.45, 2.75) is 33.0 Å². The van der Waals surface area contributed by atoms with Crippen molar-refractivity contribution in [3.63, 3.8) is 0 Å². The summed E-state index contributed by atoms with van der Waals surface area (Å²) in [6.45, 7) is 7.14. The molecule has 0 aromatic rings. The van der Waals surface area contributed by atoms with E-state index in [1.54, 1.807) is 0 Å². The van der Waals surface area contributed by atoms with Crippen LogP contribution in [0.5, 0.6) is 0 Å². The molecular weight excluding hydrogens is 154 g/mol. The molecule has 0 aromatic carbocycles. The van der Waals surface area contributed by atoms with Crippen LogP contribution in [0.15, 0.2) is 0 Å². The third kappa shape index (κ3) is 1.45. The highest BCUT2D eigenvalue weighted by atomic mass is 16.7. The minimum atomic E-state index is -0.581. The van der Waals surface area contributed by atoms with Crippen LogP contribution >= 0.6 is 0 Å². The minimum absolute atomic E-state index is 0.238. The Balaban J connectivity index is 2.72. The molecule has 3 nitrogen and oxygen atoms in total. The van der Waals surface area contributed by atoms with Gasteiger partial charge < -0.3 is 9.47 Å². The maximum atomic E-state index is 8.62. The molecule has 1 saturated heterocycles. The normalized spacial score (nSPS) is 22.2. The molecule has 0 radical (unpaired) electrons. The van der Waals surface area contributed by atoms with Gasteiger partial charge in [0.25, 0.3) is 0 Å². The van der Waals surface area contributed by atoms with Crippen LogP contribution in [0.3, 0.4) is 0 Å². The molecule has 0 spiro atoms. The first kappa shape index (κ1) is 9.50. The maximum absolute atomic E-state index is 8.62. The first-order valence-electron chi connectivity index (χ1n) is 4.17. The molecule has 0 bridgehead atoms. The van der Waals surface area contributed by atoms with Crippen molar-refractivity contribution in [2.24, 2.45) is 5.41 Å². The number of hydrogen-bond donors (Lipinski definition) is 0. The van der Waals surface area contributed by atoms with Gasteiger partial charge in [-0.1, -0.05) is 13.8 Å². The molecule has 68 valence electrons. The Morgan fingerprint density at radius 2 is 1.92 bits per heavy atom. The molecule has 0 aromatic heterocycles. The third-order valence-corrected chi connectivity index (χ3v) is 2.59. The van der Waals surface area contributed by atoms with E-state index in [1.165, 1.54) is 0 Å². The first-order chi connectivity index (χ1) is 5.52. The fourth-order valence-electron chi connectivity index (χ4n) is 1.26. The third-order valence-electron chi connectivity index (χ3n) is 2.59. The molecule has 1 aliphatic heterocycles. The van der Waals surface area contributed by atoms with Crippen LogP contribution < -0.4 is 0 Å². The lowest BCUT2D eigenvalue weighted by Crippen LogP contribution is -2.42.